The maximum atomic E-state index is 9.77. The van der Waals surface area contributed by atoms with E-state index in [0.29, 0.717) is 12.0 Å². The van der Waals surface area contributed by atoms with Crippen molar-refractivity contribution in [1.29, 1.82) is 0 Å². The third-order valence-electron chi connectivity index (χ3n) is 4.45. The van der Waals surface area contributed by atoms with Gasteiger partial charge in [-0.1, -0.05) is 23.7 Å². The summed E-state index contributed by atoms with van der Waals surface area (Å²) in [6.07, 6.45) is 3.39. The van der Waals surface area contributed by atoms with Crippen LogP contribution in [0.3, 0.4) is 0 Å². The highest BCUT2D eigenvalue weighted by atomic mass is 35.5. The molecule has 3 rings (SSSR count). The van der Waals surface area contributed by atoms with Crippen molar-refractivity contribution in [1.82, 2.24) is 5.32 Å². The Labute approximate surface area is 125 Å². The molecule has 0 aromatic heterocycles. The van der Waals surface area contributed by atoms with Gasteiger partial charge in [0.25, 0.3) is 0 Å². The number of anilines is 1. The Hall–Kier alpha value is -0.770. The molecule has 1 saturated carbocycles. The Morgan fingerprint density at radius 3 is 2.85 bits per heavy atom. The Kier molecular flexibility index (Phi) is 4.20. The zero-order chi connectivity index (χ0) is 14.1. The summed E-state index contributed by atoms with van der Waals surface area (Å²) >= 11 is 6.44. The quantitative estimate of drug-likeness (QED) is 0.876. The summed E-state index contributed by atoms with van der Waals surface area (Å²) in [5.41, 5.74) is 2.43. The second-order valence-corrected chi connectivity index (χ2v) is 6.55. The molecule has 2 aliphatic rings. The number of hydrogen-bond donors (Lipinski definition) is 2. The van der Waals surface area contributed by atoms with Gasteiger partial charge in [-0.15, -0.1) is 0 Å². The lowest BCUT2D eigenvalue weighted by Crippen LogP contribution is -2.26. The molecule has 1 aliphatic carbocycles. The number of nitrogens with zero attached hydrogens (tertiary/aromatic N) is 1. The summed E-state index contributed by atoms with van der Waals surface area (Å²) in [4.78, 5) is 2.34. The average Bonchev–Trinajstić information content (AvgIpc) is 3.12. The van der Waals surface area contributed by atoms with Crippen LogP contribution in [0, 0.1) is 5.92 Å². The summed E-state index contributed by atoms with van der Waals surface area (Å²) in [5, 5.41) is 14.2. The first-order chi connectivity index (χ1) is 9.65. The van der Waals surface area contributed by atoms with E-state index in [1.54, 1.807) is 0 Å². The molecule has 3 nitrogen and oxygen atoms in total. The van der Waals surface area contributed by atoms with Crippen molar-refractivity contribution in [2.45, 2.75) is 44.9 Å². The standard InChI is InChI=1S/C16H23ClN2O/c1-11(20)13-7-8-19(10-13)16-12(3-2-4-15(16)17)9-18-14-5-6-14/h2-4,11,13-14,18,20H,5-10H2,1H3. The van der Waals surface area contributed by atoms with Crippen LogP contribution in [-0.2, 0) is 6.54 Å². The molecule has 1 aliphatic heterocycles. The van der Waals surface area contributed by atoms with Gasteiger partial charge in [0, 0.05) is 31.6 Å². The van der Waals surface area contributed by atoms with Gasteiger partial charge >= 0.3 is 0 Å². The van der Waals surface area contributed by atoms with Crippen LogP contribution in [0.5, 0.6) is 0 Å². The largest absolute Gasteiger partial charge is 0.393 e. The van der Waals surface area contributed by atoms with Gasteiger partial charge in [0.05, 0.1) is 16.8 Å². The van der Waals surface area contributed by atoms with E-state index in [4.69, 9.17) is 11.6 Å². The van der Waals surface area contributed by atoms with Gasteiger partial charge in [-0.05, 0) is 37.8 Å². The fourth-order valence-corrected chi connectivity index (χ4v) is 3.30. The van der Waals surface area contributed by atoms with E-state index in [1.807, 2.05) is 19.1 Å². The van der Waals surface area contributed by atoms with E-state index >= 15 is 0 Å². The lowest BCUT2D eigenvalue weighted by molar-refractivity contribution is 0.136. The van der Waals surface area contributed by atoms with Crippen LogP contribution in [0.4, 0.5) is 5.69 Å². The lowest BCUT2D eigenvalue weighted by Gasteiger charge is -2.24. The van der Waals surface area contributed by atoms with Gasteiger partial charge in [-0.3, -0.25) is 0 Å². The third-order valence-corrected chi connectivity index (χ3v) is 4.76. The van der Waals surface area contributed by atoms with E-state index in [9.17, 15) is 5.11 Å². The minimum atomic E-state index is -0.240. The van der Waals surface area contributed by atoms with Crippen LogP contribution < -0.4 is 10.2 Å². The molecule has 2 fully saturated rings. The van der Waals surface area contributed by atoms with E-state index in [2.05, 4.69) is 16.3 Å². The number of halogens is 1. The average molecular weight is 295 g/mol. The Morgan fingerprint density at radius 1 is 1.40 bits per heavy atom. The van der Waals surface area contributed by atoms with Crippen molar-refractivity contribution in [3.63, 3.8) is 0 Å². The van der Waals surface area contributed by atoms with Gasteiger partial charge in [0.15, 0.2) is 0 Å². The first-order valence-electron chi connectivity index (χ1n) is 7.59. The molecule has 1 aromatic rings. The third kappa shape index (κ3) is 3.11. The van der Waals surface area contributed by atoms with Gasteiger partial charge in [0.1, 0.15) is 0 Å². The van der Waals surface area contributed by atoms with Crippen molar-refractivity contribution >= 4 is 17.3 Å². The Morgan fingerprint density at radius 2 is 2.20 bits per heavy atom. The van der Waals surface area contributed by atoms with Crippen molar-refractivity contribution in [2.24, 2.45) is 5.92 Å². The van der Waals surface area contributed by atoms with Gasteiger partial charge in [-0.25, -0.2) is 0 Å². The smallest absolute Gasteiger partial charge is 0.0642 e. The molecule has 0 radical (unpaired) electrons. The molecular weight excluding hydrogens is 272 g/mol. The molecular formula is C16H23ClN2O. The zero-order valence-corrected chi connectivity index (χ0v) is 12.7. The van der Waals surface area contributed by atoms with Crippen LogP contribution in [0.1, 0.15) is 31.7 Å². The molecule has 110 valence electrons. The number of aliphatic hydroxyl groups excluding tert-OH is 1. The topological polar surface area (TPSA) is 35.5 Å². The molecule has 4 heteroatoms. The van der Waals surface area contributed by atoms with E-state index < -0.39 is 0 Å². The van der Waals surface area contributed by atoms with Crippen LogP contribution in [0.15, 0.2) is 18.2 Å². The number of benzene rings is 1. The summed E-state index contributed by atoms with van der Waals surface area (Å²) in [7, 11) is 0. The Balaban J connectivity index is 1.76. The molecule has 20 heavy (non-hydrogen) atoms. The molecule has 2 unspecified atom stereocenters. The van der Waals surface area contributed by atoms with Crippen LogP contribution in [-0.4, -0.2) is 30.3 Å². The predicted octanol–water partition coefficient (Wildman–Crippen LogP) is 2.80. The Bertz CT molecular complexity index is 474. The molecule has 1 aromatic carbocycles. The highest BCUT2D eigenvalue weighted by Gasteiger charge is 2.29. The van der Waals surface area contributed by atoms with E-state index in [-0.39, 0.29) is 6.10 Å². The van der Waals surface area contributed by atoms with Crippen LogP contribution >= 0.6 is 11.6 Å². The SMILES string of the molecule is CC(O)C1CCN(c2c(Cl)cccc2CNC2CC2)C1. The molecule has 2 atom stereocenters. The van der Waals surface area contributed by atoms with Gasteiger partial charge in [-0.2, -0.15) is 0 Å². The lowest BCUT2D eigenvalue weighted by atomic mass is 10.0. The number of hydrogen-bond acceptors (Lipinski definition) is 3. The molecule has 0 bridgehead atoms. The zero-order valence-electron chi connectivity index (χ0n) is 12.0. The second-order valence-electron chi connectivity index (χ2n) is 6.14. The maximum absolute atomic E-state index is 9.77. The number of aliphatic hydroxyl groups is 1. The summed E-state index contributed by atoms with van der Waals surface area (Å²) in [5.74, 6) is 0.357. The monoisotopic (exact) mass is 294 g/mol. The second kappa shape index (κ2) is 5.92. The normalized spacial score (nSPS) is 24.1. The highest BCUT2D eigenvalue weighted by Crippen LogP contribution is 2.35. The van der Waals surface area contributed by atoms with Crippen molar-refractivity contribution < 1.29 is 5.11 Å². The van der Waals surface area contributed by atoms with Crippen molar-refractivity contribution in [2.75, 3.05) is 18.0 Å². The fraction of sp³-hybridized carbons (Fsp3) is 0.625. The maximum Gasteiger partial charge on any atom is 0.0642 e. The van der Waals surface area contributed by atoms with Crippen molar-refractivity contribution in [3.05, 3.63) is 28.8 Å². The van der Waals surface area contributed by atoms with E-state index in [0.717, 1.165) is 36.8 Å². The minimum absolute atomic E-state index is 0.240. The fourth-order valence-electron chi connectivity index (χ4n) is 2.98. The summed E-state index contributed by atoms with van der Waals surface area (Å²) in [6.45, 7) is 4.65. The molecule has 0 spiro atoms. The summed E-state index contributed by atoms with van der Waals surface area (Å²) in [6, 6.07) is 6.85. The summed E-state index contributed by atoms with van der Waals surface area (Å²) < 4.78 is 0. The molecule has 0 amide bonds. The van der Waals surface area contributed by atoms with Crippen LogP contribution in [0.2, 0.25) is 5.02 Å². The number of para-hydroxylation sites is 1. The number of rotatable bonds is 5. The first kappa shape index (κ1) is 14.2. The molecule has 1 heterocycles. The predicted molar refractivity (Wildman–Crippen MR) is 83.3 cm³/mol. The molecule has 1 saturated heterocycles. The van der Waals surface area contributed by atoms with Crippen LogP contribution in [0.25, 0.3) is 0 Å². The van der Waals surface area contributed by atoms with Gasteiger partial charge in [0.2, 0.25) is 0 Å². The molecule has 2 N–H and O–H groups in total. The first-order valence-corrected chi connectivity index (χ1v) is 7.96. The van der Waals surface area contributed by atoms with Crippen molar-refractivity contribution in [3.8, 4) is 0 Å². The van der Waals surface area contributed by atoms with Gasteiger partial charge < -0.3 is 15.3 Å². The minimum Gasteiger partial charge on any atom is -0.393 e. The number of nitrogens with one attached hydrogen (secondary N) is 1. The van der Waals surface area contributed by atoms with E-state index in [1.165, 1.54) is 18.4 Å². The highest BCUT2D eigenvalue weighted by molar-refractivity contribution is 6.33.